The van der Waals surface area contributed by atoms with Crippen molar-refractivity contribution in [3.63, 3.8) is 0 Å². The third-order valence-corrected chi connectivity index (χ3v) is 4.98. The molecule has 2 heterocycles. The van der Waals surface area contributed by atoms with Crippen molar-refractivity contribution in [3.8, 4) is 0 Å². The molecule has 1 unspecified atom stereocenters. The van der Waals surface area contributed by atoms with Crippen LogP contribution >= 0.6 is 0 Å². The second-order valence-corrected chi connectivity index (χ2v) is 6.86. The van der Waals surface area contributed by atoms with Crippen LogP contribution in [0.25, 0.3) is 11.1 Å². The van der Waals surface area contributed by atoms with Gasteiger partial charge in [-0.2, -0.15) is 0 Å². The second-order valence-electron chi connectivity index (χ2n) is 6.86. The van der Waals surface area contributed by atoms with Crippen LogP contribution in [-0.4, -0.2) is 35.1 Å². The molecule has 110 valence electrons. The fraction of sp³-hybridized carbons (Fsp3) is 0.588. The Morgan fingerprint density at radius 2 is 2.05 bits per heavy atom. The molecule has 4 heteroatoms. The Morgan fingerprint density at radius 1 is 1.14 bits per heavy atom. The Kier molecular flexibility index (Phi) is 2.56. The highest BCUT2D eigenvalue weighted by atomic mass is 16.3. The number of hydrogen-bond donors (Lipinski definition) is 1. The molecule has 4 nitrogen and oxygen atoms in total. The first-order valence-electron chi connectivity index (χ1n) is 8.26. The van der Waals surface area contributed by atoms with Gasteiger partial charge in [0, 0.05) is 36.8 Å². The molecular weight excluding hydrogens is 262 g/mol. The van der Waals surface area contributed by atoms with Crippen LogP contribution in [0.15, 0.2) is 22.6 Å². The Balaban J connectivity index is 1.32. The van der Waals surface area contributed by atoms with Gasteiger partial charge in [-0.25, -0.2) is 4.98 Å². The van der Waals surface area contributed by atoms with E-state index in [2.05, 4.69) is 33.4 Å². The summed E-state index contributed by atoms with van der Waals surface area (Å²) in [5.74, 6) is 1.51. The molecule has 1 aromatic heterocycles. The predicted molar refractivity (Wildman–Crippen MR) is 82.6 cm³/mol. The van der Waals surface area contributed by atoms with Gasteiger partial charge in [0.1, 0.15) is 5.52 Å². The van der Waals surface area contributed by atoms with Gasteiger partial charge < -0.3 is 9.73 Å². The Bertz CT molecular complexity index is 672. The number of hydrogen-bond acceptors (Lipinski definition) is 4. The van der Waals surface area contributed by atoms with Gasteiger partial charge in [0.25, 0.3) is 0 Å². The summed E-state index contributed by atoms with van der Waals surface area (Å²) in [4.78, 5) is 7.28. The summed E-state index contributed by atoms with van der Waals surface area (Å²) in [6.07, 6.45) is 6.53. The zero-order valence-electron chi connectivity index (χ0n) is 12.2. The van der Waals surface area contributed by atoms with Gasteiger partial charge in [-0.15, -0.1) is 0 Å². The van der Waals surface area contributed by atoms with E-state index in [1.54, 1.807) is 0 Å². The minimum atomic E-state index is 0.579. The molecular formula is C17H21N3O. The van der Waals surface area contributed by atoms with E-state index in [0.717, 1.165) is 23.0 Å². The van der Waals surface area contributed by atoms with Crippen LogP contribution in [0.3, 0.4) is 0 Å². The fourth-order valence-electron chi connectivity index (χ4n) is 3.45. The monoisotopic (exact) mass is 283 g/mol. The van der Waals surface area contributed by atoms with E-state index >= 15 is 0 Å². The highest BCUT2D eigenvalue weighted by molar-refractivity contribution is 5.77. The van der Waals surface area contributed by atoms with Crippen molar-refractivity contribution in [3.05, 3.63) is 24.1 Å². The van der Waals surface area contributed by atoms with Crippen LogP contribution in [0.4, 0.5) is 5.69 Å². The fourth-order valence-corrected chi connectivity index (χ4v) is 3.45. The van der Waals surface area contributed by atoms with Crippen LogP contribution in [0.5, 0.6) is 0 Å². The lowest BCUT2D eigenvalue weighted by Crippen LogP contribution is -2.27. The molecule has 1 atom stereocenters. The molecule has 2 aliphatic carbocycles. The Morgan fingerprint density at radius 3 is 2.86 bits per heavy atom. The molecule has 0 radical (unpaired) electrons. The third-order valence-electron chi connectivity index (χ3n) is 4.98. The molecule has 3 fully saturated rings. The van der Waals surface area contributed by atoms with Crippen molar-refractivity contribution in [2.24, 2.45) is 0 Å². The van der Waals surface area contributed by atoms with E-state index in [0.29, 0.717) is 12.0 Å². The van der Waals surface area contributed by atoms with E-state index in [9.17, 15) is 0 Å². The summed E-state index contributed by atoms with van der Waals surface area (Å²) < 4.78 is 5.83. The van der Waals surface area contributed by atoms with Crippen molar-refractivity contribution in [2.45, 2.75) is 50.1 Å². The summed E-state index contributed by atoms with van der Waals surface area (Å²) in [5.41, 5.74) is 3.10. The number of nitrogens with one attached hydrogen (secondary N) is 1. The number of rotatable bonds is 4. The molecule has 1 saturated heterocycles. The highest BCUT2D eigenvalue weighted by Crippen LogP contribution is 2.40. The number of aromatic nitrogens is 1. The minimum Gasteiger partial charge on any atom is -0.440 e. The maximum Gasteiger partial charge on any atom is 0.198 e. The van der Waals surface area contributed by atoms with E-state index < -0.39 is 0 Å². The average molecular weight is 283 g/mol. The summed E-state index contributed by atoms with van der Waals surface area (Å²) in [6.45, 7) is 2.44. The molecule has 2 saturated carbocycles. The number of nitrogens with zero attached hydrogens (tertiary/aromatic N) is 2. The zero-order chi connectivity index (χ0) is 13.8. The van der Waals surface area contributed by atoms with Crippen LogP contribution in [-0.2, 0) is 0 Å². The summed E-state index contributed by atoms with van der Waals surface area (Å²) in [6, 6.07) is 7.80. The normalized spacial score (nSPS) is 26.6. The van der Waals surface area contributed by atoms with Crippen LogP contribution < -0.4 is 5.32 Å². The van der Waals surface area contributed by atoms with Crippen molar-refractivity contribution in [2.75, 3.05) is 18.4 Å². The highest BCUT2D eigenvalue weighted by Gasteiger charge is 2.34. The molecule has 0 amide bonds. The lowest BCUT2D eigenvalue weighted by atomic mass is 10.2. The number of oxazole rings is 1. The smallest absolute Gasteiger partial charge is 0.198 e. The first kappa shape index (κ1) is 12.0. The largest absolute Gasteiger partial charge is 0.440 e. The summed E-state index contributed by atoms with van der Waals surface area (Å²) >= 11 is 0. The van der Waals surface area contributed by atoms with Gasteiger partial charge >= 0.3 is 0 Å². The standard InChI is InChI=1S/C17H21N3O/c1-2-11(1)17-19-15-9-12(3-6-16(15)21-17)18-13-7-8-20(10-13)14-4-5-14/h3,6,9,11,13-14,18H,1-2,4-5,7-8,10H2. The van der Waals surface area contributed by atoms with Crippen LogP contribution in [0.2, 0.25) is 0 Å². The van der Waals surface area contributed by atoms with Crippen LogP contribution in [0, 0.1) is 0 Å². The molecule has 0 spiro atoms. The molecule has 1 N–H and O–H groups in total. The molecule has 1 aromatic carbocycles. The lowest BCUT2D eigenvalue weighted by Gasteiger charge is -2.16. The first-order chi connectivity index (χ1) is 10.3. The quantitative estimate of drug-likeness (QED) is 0.934. The molecule has 0 bridgehead atoms. The maximum atomic E-state index is 5.83. The molecule has 2 aromatic rings. The van der Waals surface area contributed by atoms with Gasteiger partial charge in [0.2, 0.25) is 0 Å². The number of likely N-dealkylation sites (tertiary alicyclic amines) is 1. The number of fused-ring (bicyclic) bond motifs is 1. The van der Waals surface area contributed by atoms with Gasteiger partial charge in [0.15, 0.2) is 11.5 Å². The maximum absolute atomic E-state index is 5.83. The summed E-state index contributed by atoms with van der Waals surface area (Å²) in [5, 5.41) is 3.68. The molecule has 21 heavy (non-hydrogen) atoms. The molecule has 3 aliphatic rings. The SMILES string of the molecule is c1cc2oc(C3CC3)nc2cc1NC1CCN(C2CC2)C1. The van der Waals surface area contributed by atoms with E-state index in [-0.39, 0.29) is 0 Å². The topological polar surface area (TPSA) is 41.3 Å². The number of benzene rings is 1. The lowest BCUT2D eigenvalue weighted by molar-refractivity contribution is 0.326. The van der Waals surface area contributed by atoms with Gasteiger partial charge in [-0.3, -0.25) is 4.90 Å². The van der Waals surface area contributed by atoms with E-state index in [1.807, 2.05) is 0 Å². The molecule has 1 aliphatic heterocycles. The van der Waals surface area contributed by atoms with Gasteiger partial charge in [-0.05, 0) is 50.3 Å². The second kappa shape index (κ2) is 4.47. The third kappa shape index (κ3) is 2.31. The van der Waals surface area contributed by atoms with Gasteiger partial charge in [0.05, 0.1) is 0 Å². The van der Waals surface area contributed by atoms with E-state index in [4.69, 9.17) is 4.42 Å². The van der Waals surface area contributed by atoms with Crippen molar-refractivity contribution in [1.82, 2.24) is 9.88 Å². The van der Waals surface area contributed by atoms with Crippen molar-refractivity contribution in [1.29, 1.82) is 0 Å². The first-order valence-corrected chi connectivity index (χ1v) is 8.26. The Hall–Kier alpha value is -1.55. The van der Waals surface area contributed by atoms with Crippen LogP contribution in [0.1, 0.15) is 43.9 Å². The number of anilines is 1. The summed E-state index contributed by atoms with van der Waals surface area (Å²) in [7, 11) is 0. The molecule has 5 rings (SSSR count). The van der Waals surface area contributed by atoms with E-state index in [1.165, 1.54) is 50.9 Å². The minimum absolute atomic E-state index is 0.579. The zero-order valence-corrected chi connectivity index (χ0v) is 12.2. The average Bonchev–Trinajstić information content (AvgIpc) is 3.42. The van der Waals surface area contributed by atoms with Crippen molar-refractivity contribution >= 4 is 16.8 Å². The predicted octanol–water partition coefficient (Wildman–Crippen LogP) is 3.35. The van der Waals surface area contributed by atoms with Crippen molar-refractivity contribution < 1.29 is 4.42 Å². The Labute approximate surface area is 124 Å². The van der Waals surface area contributed by atoms with Gasteiger partial charge in [-0.1, -0.05) is 0 Å².